The Kier molecular flexibility index (Phi) is 4.72. The van der Waals surface area contributed by atoms with Gasteiger partial charge in [-0.2, -0.15) is 5.10 Å². The summed E-state index contributed by atoms with van der Waals surface area (Å²) < 4.78 is 0.960. The normalized spacial score (nSPS) is 15.5. The number of aromatic amines is 1. The third-order valence-corrected chi connectivity index (χ3v) is 6.11. The maximum absolute atomic E-state index is 13.5. The first-order chi connectivity index (χ1) is 14.5. The molecule has 3 aromatic carbocycles. The highest BCUT2D eigenvalue weighted by molar-refractivity contribution is 9.10. The number of aromatic nitrogens is 2. The fourth-order valence-corrected chi connectivity index (χ4v) is 4.48. The number of carbonyl (C=O) groups is 1. The van der Waals surface area contributed by atoms with Gasteiger partial charge in [-0.05, 0) is 48.9 Å². The van der Waals surface area contributed by atoms with Crippen LogP contribution in [0.4, 0.5) is 5.69 Å². The molecule has 2 heterocycles. The Morgan fingerprint density at radius 3 is 2.47 bits per heavy atom. The maximum atomic E-state index is 13.5. The van der Waals surface area contributed by atoms with E-state index in [1.54, 1.807) is 0 Å². The second-order valence-corrected chi connectivity index (χ2v) is 8.69. The van der Waals surface area contributed by atoms with Gasteiger partial charge >= 0.3 is 0 Å². The van der Waals surface area contributed by atoms with Crippen LogP contribution in [-0.2, 0) is 0 Å². The molecule has 1 aliphatic heterocycles. The highest BCUT2D eigenvalue weighted by atomic mass is 79.9. The first kappa shape index (κ1) is 19.1. The van der Waals surface area contributed by atoms with Crippen molar-refractivity contribution in [2.45, 2.75) is 13.0 Å². The van der Waals surface area contributed by atoms with E-state index in [1.807, 2.05) is 84.6 Å². The first-order valence-corrected chi connectivity index (χ1v) is 10.7. The highest BCUT2D eigenvalue weighted by Crippen LogP contribution is 2.45. The fraction of sp³-hybridized carbons (Fsp3) is 0.0833. The Morgan fingerprint density at radius 2 is 1.77 bits per heavy atom. The van der Waals surface area contributed by atoms with Crippen molar-refractivity contribution in [2.24, 2.45) is 0 Å². The zero-order valence-electron chi connectivity index (χ0n) is 16.1. The van der Waals surface area contributed by atoms with E-state index in [0.29, 0.717) is 10.7 Å². The van der Waals surface area contributed by atoms with E-state index in [0.717, 1.165) is 38.1 Å². The van der Waals surface area contributed by atoms with E-state index >= 15 is 0 Å². The Balaban J connectivity index is 1.72. The van der Waals surface area contributed by atoms with Crippen LogP contribution in [0, 0.1) is 6.92 Å². The van der Waals surface area contributed by atoms with Crippen molar-refractivity contribution < 1.29 is 4.79 Å². The molecule has 0 fully saturated rings. The summed E-state index contributed by atoms with van der Waals surface area (Å²) in [5.41, 5.74) is 6.07. The molecule has 0 saturated heterocycles. The lowest BCUT2D eigenvalue weighted by atomic mass is 9.96. The van der Waals surface area contributed by atoms with Crippen LogP contribution in [-0.4, -0.2) is 16.1 Å². The Hall–Kier alpha value is -2.89. The second kappa shape index (κ2) is 7.42. The largest absolute Gasteiger partial charge is 0.295 e. The summed E-state index contributed by atoms with van der Waals surface area (Å²) in [4.78, 5) is 15.3. The third kappa shape index (κ3) is 3.15. The number of H-pyrrole nitrogens is 1. The summed E-state index contributed by atoms with van der Waals surface area (Å²) in [5, 5.41) is 8.15. The fourth-order valence-electron chi connectivity index (χ4n) is 3.94. The monoisotopic (exact) mass is 477 g/mol. The summed E-state index contributed by atoms with van der Waals surface area (Å²) in [5.74, 6) is -0.0912. The van der Waals surface area contributed by atoms with Crippen LogP contribution >= 0.6 is 27.5 Å². The van der Waals surface area contributed by atoms with E-state index in [2.05, 4.69) is 26.1 Å². The molecule has 0 saturated carbocycles. The number of hydrogen-bond acceptors (Lipinski definition) is 2. The standard InChI is InChI=1S/C24H17BrClN3O/c1-14-5-11-19(12-6-14)29-23(16-3-2-4-17(25)13-16)20-21(27-28-22(20)24(29)30)15-7-9-18(26)10-8-15/h2-13,23H,1H3,(H,27,28)/t23-/m1/s1. The maximum Gasteiger partial charge on any atom is 0.277 e. The Bertz CT molecular complexity index is 1250. The lowest BCUT2D eigenvalue weighted by molar-refractivity contribution is 0.0989. The number of carbonyl (C=O) groups excluding carboxylic acids is 1. The highest BCUT2D eigenvalue weighted by Gasteiger charge is 2.43. The molecule has 1 aliphatic rings. The molecule has 148 valence electrons. The van der Waals surface area contributed by atoms with Crippen LogP contribution in [0.5, 0.6) is 0 Å². The number of aryl methyl sites for hydroxylation is 1. The number of nitrogens with one attached hydrogen (secondary N) is 1. The molecule has 6 heteroatoms. The molecule has 5 rings (SSSR count). The van der Waals surface area contributed by atoms with E-state index in [-0.39, 0.29) is 11.9 Å². The molecule has 0 bridgehead atoms. The molecule has 0 aliphatic carbocycles. The number of halogens is 2. The van der Waals surface area contributed by atoms with Crippen LogP contribution < -0.4 is 4.90 Å². The minimum absolute atomic E-state index is 0.0912. The zero-order valence-corrected chi connectivity index (χ0v) is 18.4. The molecule has 1 amide bonds. The summed E-state index contributed by atoms with van der Waals surface area (Å²) in [7, 11) is 0. The molecule has 1 atom stereocenters. The molecule has 4 nitrogen and oxygen atoms in total. The van der Waals surface area contributed by atoms with Gasteiger partial charge in [-0.1, -0.05) is 69.5 Å². The van der Waals surface area contributed by atoms with Crippen LogP contribution in [0.3, 0.4) is 0 Å². The van der Waals surface area contributed by atoms with Crippen molar-refractivity contribution in [1.29, 1.82) is 0 Å². The van der Waals surface area contributed by atoms with Crippen molar-refractivity contribution >= 4 is 39.1 Å². The summed E-state index contributed by atoms with van der Waals surface area (Å²) >= 11 is 9.65. The van der Waals surface area contributed by atoms with Gasteiger partial charge in [0.1, 0.15) is 5.69 Å². The average Bonchev–Trinajstić information content (AvgIpc) is 3.28. The van der Waals surface area contributed by atoms with Gasteiger partial charge in [0.2, 0.25) is 0 Å². The molecule has 30 heavy (non-hydrogen) atoms. The minimum atomic E-state index is -0.294. The lowest BCUT2D eigenvalue weighted by Gasteiger charge is -2.26. The molecule has 4 aromatic rings. The van der Waals surface area contributed by atoms with Gasteiger partial charge in [0.05, 0.1) is 11.7 Å². The van der Waals surface area contributed by atoms with E-state index < -0.39 is 0 Å². The van der Waals surface area contributed by atoms with Gasteiger partial charge < -0.3 is 0 Å². The van der Waals surface area contributed by atoms with Gasteiger partial charge in [0.25, 0.3) is 5.91 Å². The van der Waals surface area contributed by atoms with Crippen LogP contribution in [0.15, 0.2) is 77.3 Å². The Labute approximate surface area is 187 Å². The molecule has 0 unspecified atom stereocenters. The number of hydrogen-bond donors (Lipinski definition) is 1. The average molecular weight is 479 g/mol. The van der Waals surface area contributed by atoms with Crippen molar-refractivity contribution in [2.75, 3.05) is 4.90 Å². The van der Waals surface area contributed by atoms with E-state index in [9.17, 15) is 4.79 Å². The van der Waals surface area contributed by atoms with Gasteiger partial charge in [0, 0.05) is 26.3 Å². The zero-order chi connectivity index (χ0) is 20.8. The topological polar surface area (TPSA) is 49.0 Å². The lowest BCUT2D eigenvalue weighted by Crippen LogP contribution is -2.29. The van der Waals surface area contributed by atoms with Crippen molar-refractivity contribution in [3.05, 3.63) is 105 Å². The number of rotatable bonds is 3. The van der Waals surface area contributed by atoms with Gasteiger partial charge in [-0.3, -0.25) is 14.8 Å². The number of benzene rings is 3. The third-order valence-electron chi connectivity index (χ3n) is 5.36. The van der Waals surface area contributed by atoms with E-state index in [1.165, 1.54) is 0 Å². The van der Waals surface area contributed by atoms with Crippen molar-refractivity contribution in [1.82, 2.24) is 10.2 Å². The van der Waals surface area contributed by atoms with Gasteiger partial charge in [-0.15, -0.1) is 0 Å². The van der Waals surface area contributed by atoms with Crippen LogP contribution in [0.1, 0.15) is 33.2 Å². The van der Waals surface area contributed by atoms with Crippen LogP contribution in [0.2, 0.25) is 5.02 Å². The van der Waals surface area contributed by atoms with E-state index in [4.69, 9.17) is 11.6 Å². The van der Waals surface area contributed by atoms with Crippen molar-refractivity contribution in [3.8, 4) is 11.3 Å². The molecule has 0 spiro atoms. The first-order valence-electron chi connectivity index (χ1n) is 9.53. The minimum Gasteiger partial charge on any atom is -0.295 e. The molecule has 0 radical (unpaired) electrons. The molecule has 1 N–H and O–H groups in total. The summed E-state index contributed by atoms with van der Waals surface area (Å²) in [6, 6.07) is 23.3. The number of anilines is 1. The molecule has 1 aromatic heterocycles. The number of fused-ring (bicyclic) bond motifs is 1. The Morgan fingerprint density at radius 1 is 1.03 bits per heavy atom. The SMILES string of the molecule is Cc1ccc(N2C(=O)c3[nH]nc(-c4ccc(Cl)cc4)c3[C@H]2c2cccc(Br)c2)cc1. The van der Waals surface area contributed by atoms with Crippen LogP contribution in [0.25, 0.3) is 11.3 Å². The van der Waals surface area contributed by atoms with Gasteiger partial charge in [0.15, 0.2) is 0 Å². The predicted octanol–water partition coefficient (Wildman–Crippen LogP) is 6.55. The van der Waals surface area contributed by atoms with Gasteiger partial charge in [-0.25, -0.2) is 0 Å². The summed E-state index contributed by atoms with van der Waals surface area (Å²) in [6.45, 7) is 2.03. The second-order valence-electron chi connectivity index (χ2n) is 7.34. The number of amides is 1. The molecular formula is C24H17BrClN3O. The summed E-state index contributed by atoms with van der Waals surface area (Å²) in [6.07, 6.45) is 0. The molecular weight excluding hydrogens is 462 g/mol. The predicted molar refractivity (Wildman–Crippen MR) is 123 cm³/mol. The number of nitrogens with zero attached hydrogens (tertiary/aromatic N) is 2. The van der Waals surface area contributed by atoms with Crippen molar-refractivity contribution in [3.63, 3.8) is 0 Å². The smallest absolute Gasteiger partial charge is 0.277 e. The quantitative estimate of drug-likeness (QED) is 0.363.